The Balaban J connectivity index is 3.11. The van der Waals surface area contributed by atoms with Gasteiger partial charge in [-0.15, -0.1) is 0 Å². The van der Waals surface area contributed by atoms with Crippen molar-refractivity contribution in [2.75, 3.05) is 7.11 Å². The third-order valence-electron chi connectivity index (χ3n) is 3.09. The molecular weight excluding hydrogens is 214 g/mol. The Morgan fingerprint density at radius 2 is 1.71 bits per heavy atom. The van der Waals surface area contributed by atoms with Crippen molar-refractivity contribution in [2.45, 2.75) is 33.7 Å². The highest BCUT2D eigenvalue weighted by molar-refractivity contribution is 5.77. The molecule has 0 aliphatic rings. The highest BCUT2D eigenvalue weighted by Gasteiger charge is 2.36. The molecule has 1 aromatic rings. The number of hydrogen-bond acceptors (Lipinski definition) is 3. The predicted molar refractivity (Wildman–Crippen MR) is 68.6 cm³/mol. The van der Waals surface area contributed by atoms with Crippen molar-refractivity contribution >= 4 is 5.97 Å². The summed E-state index contributed by atoms with van der Waals surface area (Å²) < 4.78 is 4.80. The first-order valence-electron chi connectivity index (χ1n) is 5.71. The average molecular weight is 235 g/mol. The molecule has 17 heavy (non-hydrogen) atoms. The quantitative estimate of drug-likeness (QED) is 0.819. The summed E-state index contributed by atoms with van der Waals surface area (Å²) in [4.78, 5) is 11.7. The monoisotopic (exact) mass is 235 g/mol. The molecule has 0 spiro atoms. The van der Waals surface area contributed by atoms with E-state index in [0.29, 0.717) is 0 Å². The summed E-state index contributed by atoms with van der Waals surface area (Å²) in [6, 6.07) is 5.75. The molecule has 1 atom stereocenters. The van der Waals surface area contributed by atoms with Crippen molar-refractivity contribution in [3.8, 4) is 0 Å². The van der Waals surface area contributed by atoms with Crippen LogP contribution in [0.3, 0.4) is 0 Å². The van der Waals surface area contributed by atoms with Gasteiger partial charge in [-0.2, -0.15) is 0 Å². The van der Waals surface area contributed by atoms with E-state index in [-0.39, 0.29) is 12.0 Å². The Bertz CT molecular complexity index is 404. The maximum absolute atomic E-state index is 11.7. The first kappa shape index (κ1) is 13.7. The van der Waals surface area contributed by atoms with Crippen LogP contribution in [0.5, 0.6) is 0 Å². The van der Waals surface area contributed by atoms with Crippen LogP contribution in [-0.4, -0.2) is 13.1 Å². The maximum Gasteiger partial charge on any atom is 0.313 e. The summed E-state index contributed by atoms with van der Waals surface area (Å²) in [5, 5.41) is 0. The largest absolute Gasteiger partial charge is 0.469 e. The van der Waals surface area contributed by atoms with E-state index in [0.717, 1.165) is 16.7 Å². The number of methoxy groups -OCH3 is 1. The summed E-state index contributed by atoms with van der Waals surface area (Å²) in [7, 11) is 1.39. The molecule has 0 aromatic heterocycles. The minimum Gasteiger partial charge on any atom is -0.469 e. The molecule has 0 unspecified atom stereocenters. The van der Waals surface area contributed by atoms with Gasteiger partial charge in [-0.05, 0) is 33.3 Å². The van der Waals surface area contributed by atoms with Gasteiger partial charge in [0.25, 0.3) is 0 Å². The van der Waals surface area contributed by atoms with Gasteiger partial charge in [0.1, 0.15) is 0 Å². The van der Waals surface area contributed by atoms with Crippen LogP contribution in [0.1, 0.15) is 36.6 Å². The SMILES string of the molecule is COC(=O)C(C)(C)[C@@H](N)c1cc(C)cc(C)c1. The molecule has 0 saturated heterocycles. The maximum atomic E-state index is 11.7. The fraction of sp³-hybridized carbons (Fsp3) is 0.500. The van der Waals surface area contributed by atoms with E-state index < -0.39 is 5.41 Å². The molecule has 0 saturated carbocycles. The molecular formula is C14H21NO2. The number of rotatable bonds is 3. The van der Waals surface area contributed by atoms with Gasteiger partial charge in [0.2, 0.25) is 0 Å². The predicted octanol–water partition coefficient (Wildman–Crippen LogP) is 2.50. The van der Waals surface area contributed by atoms with Gasteiger partial charge in [-0.1, -0.05) is 29.3 Å². The molecule has 1 aromatic carbocycles. The Hall–Kier alpha value is -1.35. The van der Waals surface area contributed by atoms with E-state index in [9.17, 15) is 4.79 Å². The first-order valence-corrected chi connectivity index (χ1v) is 5.71. The topological polar surface area (TPSA) is 52.3 Å². The third kappa shape index (κ3) is 2.86. The van der Waals surface area contributed by atoms with E-state index in [1.807, 2.05) is 26.0 Å². The molecule has 0 fully saturated rings. The molecule has 0 aliphatic heterocycles. The standard InChI is InChI=1S/C14H21NO2/c1-9-6-10(2)8-11(7-9)12(15)14(3,4)13(16)17-5/h6-8,12H,15H2,1-5H3/t12-/m0/s1. The lowest BCUT2D eigenvalue weighted by atomic mass is 9.80. The van der Waals surface area contributed by atoms with Gasteiger partial charge in [-0.25, -0.2) is 0 Å². The average Bonchev–Trinajstić information content (AvgIpc) is 2.25. The van der Waals surface area contributed by atoms with Gasteiger partial charge < -0.3 is 10.5 Å². The number of carbonyl (C=O) groups excluding carboxylic acids is 1. The minimum absolute atomic E-state index is 0.288. The number of carbonyl (C=O) groups is 1. The van der Waals surface area contributed by atoms with Crippen molar-refractivity contribution in [3.05, 3.63) is 34.9 Å². The van der Waals surface area contributed by atoms with Gasteiger partial charge in [0, 0.05) is 6.04 Å². The summed E-state index contributed by atoms with van der Waals surface area (Å²) in [5.41, 5.74) is 8.73. The van der Waals surface area contributed by atoms with Crippen molar-refractivity contribution in [1.82, 2.24) is 0 Å². The van der Waals surface area contributed by atoms with Crippen molar-refractivity contribution < 1.29 is 9.53 Å². The number of esters is 1. The second-order valence-corrected chi connectivity index (χ2v) is 5.11. The summed E-state index contributed by atoms with van der Waals surface area (Å²) in [6.07, 6.45) is 0. The highest BCUT2D eigenvalue weighted by Crippen LogP contribution is 2.33. The smallest absolute Gasteiger partial charge is 0.313 e. The van der Waals surface area contributed by atoms with Crippen molar-refractivity contribution in [2.24, 2.45) is 11.1 Å². The van der Waals surface area contributed by atoms with Gasteiger partial charge >= 0.3 is 5.97 Å². The second kappa shape index (κ2) is 4.88. The van der Waals surface area contributed by atoms with E-state index >= 15 is 0 Å². The van der Waals surface area contributed by atoms with Gasteiger partial charge in [0.05, 0.1) is 12.5 Å². The van der Waals surface area contributed by atoms with Crippen LogP contribution in [0.15, 0.2) is 18.2 Å². The number of aryl methyl sites for hydroxylation is 2. The summed E-state index contributed by atoms with van der Waals surface area (Å²) >= 11 is 0. The van der Waals surface area contributed by atoms with Crippen LogP contribution in [0, 0.1) is 19.3 Å². The number of nitrogens with two attached hydrogens (primary N) is 1. The van der Waals surface area contributed by atoms with Crippen molar-refractivity contribution in [3.63, 3.8) is 0 Å². The zero-order chi connectivity index (χ0) is 13.2. The molecule has 2 N–H and O–H groups in total. The zero-order valence-corrected chi connectivity index (χ0v) is 11.2. The van der Waals surface area contributed by atoms with Gasteiger partial charge in [-0.3, -0.25) is 4.79 Å². The molecule has 0 aliphatic carbocycles. The normalized spacial score (nSPS) is 13.3. The van der Waals surface area contributed by atoms with Crippen LogP contribution >= 0.6 is 0 Å². The molecule has 0 heterocycles. The minimum atomic E-state index is -0.727. The third-order valence-corrected chi connectivity index (χ3v) is 3.09. The second-order valence-electron chi connectivity index (χ2n) is 5.11. The molecule has 3 nitrogen and oxygen atoms in total. The lowest BCUT2D eigenvalue weighted by molar-refractivity contribution is -0.152. The number of hydrogen-bond donors (Lipinski definition) is 1. The van der Waals surface area contributed by atoms with E-state index in [4.69, 9.17) is 10.5 Å². The van der Waals surface area contributed by atoms with Crippen LogP contribution in [-0.2, 0) is 9.53 Å². The molecule has 94 valence electrons. The van der Waals surface area contributed by atoms with Gasteiger partial charge in [0.15, 0.2) is 0 Å². The lowest BCUT2D eigenvalue weighted by Gasteiger charge is -2.29. The Morgan fingerprint density at radius 3 is 2.12 bits per heavy atom. The van der Waals surface area contributed by atoms with E-state index in [2.05, 4.69) is 6.07 Å². The highest BCUT2D eigenvalue weighted by atomic mass is 16.5. The van der Waals surface area contributed by atoms with Crippen LogP contribution in [0.2, 0.25) is 0 Å². The Labute approximate surface area is 103 Å². The molecule has 1 rings (SSSR count). The zero-order valence-electron chi connectivity index (χ0n) is 11.2. The number of benzene rings is 1. The fourth-order valence-electron chi connectivity index (χ4n) is 2.00. The molecule has 0 amide bonds. The fourth-order valence-corrected chi connectivity index (χ4v) is 2.00. The summed E-state index contributed by atoms with van der Waals surface area (Å²) in [6.45, 7) is 7.66. The lowest BCUT2D eigenvalue weighted by Crippen LogP contribution is -2.37. The van der Waals surface area contributed by atoms with E-state index in [1.54, 1.807) is 13.8 Å². The van der Waals surface area contributed by atoms with E-state index in [1.165, 1.54) is 7.11 Å². The van der Waals surface area contributed by atoms with Crippen molar-refractivity contribution in [1.29, 1.82) is 0 Å². The molecule has 3 heteroatoms. The summed E-state index contributed by atoms with van der Waals surface area (Å²) in [5.74, 6) is -0.288. The number of ether oxygens (including phenoxy) is 1. The Kier molecular flexibility index (Phi) is 3.94. The van der Waals surface area contributed by atoms with Crippen LogP contribution in [0.4, 0.5) is 0 Å². The first-order chi connectivity index (χ1) is 7.78. The molecule has 0 bridgehead atoms. The van der Waals surface area contributed by atoms with Crippen LogP contribution in [0.25, 0.3) is 0 Å². The van der Waals surface area contributed by atoms with Crippen LogP contribution < -0.4 is 5.73 Å². The Morgan fingerprint density at radius 1 is 1.24 bits per heavy atom. The molecule has 0 radical (unpaired) electrons.